The second-order valence-electron chi connectivity index (χ2n) is 5.86. The molecule has 0 aromatic heterocycles. The molecule has 2 nitrogen and oxygen atoms in total. The van der Waals surface area contributed by atoms with Crippen molar-refractivity contribution in [1.82, 2.24) is 10.2 Å². The fraction of sp³-hybridized carbons (Fsp3) is 0.444. The lowest BCUT2D eigenvalue weighted by molar-refractivity contribution is 0.139. The number of benzene rings is 2. The summed E-state index contributed by atoms with van der Waals surface area (Å²) in [6.07, 6.45) is 4.04. The van der Waals surface area contributed by atoms with E-state index >= 15 is 0 Å². The minimum atomic E-state index is 0.695. The standard InChI is InChI=1S/C18H24N2/c1-19-13-18-8-4-5-11-20(18)14-15-9-10-16-6-2-3-7-17(16)12-15/h2-3,6-7,9-10,12,18-19H,4-5,8,11,13-14H2,1H3. The Balaban J connectivity index is 1.77. The Bertz CT molecular complexity index is 562. The van der Waals surface area contributed by atoms with Crippen LogP contribution in [0.3, 0.4) is 0 Å². The number of fused-ring (bicyclic) bond motifs is 1. The fourth-order valence-electron chi connectivity index (χ4n) is 3.31. The van der Waals surface area contributed by atoms with Crippen LogP contribution in [0, 0.1) is 0 Å². The first-order valence-corrected chi connectivity index (χ1v) is 7.73. The molecule has 2 heteroatoms. The zero-order valence-electron chi connectivity index (χ0n) is 12.3. The second-order valence-corrected chi connectivity index (χ2v) is 5.86. The fourth-order valence-corrected chi connectivity index (χ4v) is 3.31. The van der Waals surface area contributed by atoms with Gasteiger partial charge in [-0.05, 0) is 48.8 Å². The van der Waals surface area contributed by atoms with Crippen molar-refractivity contribution in [1.29, 1.82) is 0 Å². The normalized spacial score (nSPS) is 20.4. The summed E-state index contributed by atoms with van der Waals surface area (Å²) in [5.74, 6) is 0. The van der Waals surface area contributed by atoms with E-state index in [4.69, 9.17) is 0 Å². The van der Waals surface area contributed by atoms with E-state index in [1.165, 1.54) is 42.1 Å². The molecule has 1 fully saturated rings. The molecular formula is C18H24N2. The van der Waals surface area contributed by atoms with Gasteiger partial charge < -0.3 is 5.32 Å². The molecular weight excluding hydrogens is 244 g/mol. The van der Waals surface area contributed by atoms with Gasteiger partial charge in [0.1, 0.15) is 0 Å². The third-order valence-corrected chi connectivity index (χ3v) is 4.39. The van der Waals surface area contributed by atoms with Gasteiger partial charge in [-0.15, -0.1) is 0 Å². The average Bonchev–Trinajstić information content (AvgIpc) is 2.49. The summed E-state index contributed by atoms with van der Waals surface area (Å²) in [5.41, 5.74) is 1.44. The van der Waals surface area contributed by atoms with Gasteiger partial charge in [0.2, 0.25) is 0 Å². The summed E-state index contributed by atoms with van der Waals surface area (Å²) < 4.78 is 0. The number of likely N-dealkylation sites (N-methyl/N-ethyl adjacent to an activating group) is 1. The van der Waals surface area contributed by atoms with Gasteiger partial charge in [0.05, 0.1) is 0 Å². The highest BCUT2D eigenvalue weighted by Crippen LogP contribution is 2.21. The summed E-state index contributed by atoms with van der Waals surface area (Å²) in [6, 6.07) is 16.2. The van der Waals surface area contributed by atoms with Crippen LogP contribution in [0.2, 0.25) is 0 Å². The maximum absolute atomic E-state index is 3.34. The van der Waals surface area contributed by atoms with Gasteiger partial charge in [0.15, 0.2) is 0 Å². The Labute approximate surface area is 121 Å². The number of piperidine rings is 1. The summed E-state index contributed by atoms with van der Waals surface area (Å²) in [7, 11) is 2.06. The molecule has 3 rings (SSSR count). The topological polar surface area (TPSA) is 15.3 Å². The molecule has 0 saturated carbocycles. The van der Waals surface area contributed by atoms with Crippen LogP contribution in [0.25, 0.3) is 10.8 Å². The molecule has 0 spiro atoms. The van der Waals surface area contributed by atoms with Crippen LogP contribution in [0.15, 0.2) is 42.5 Å². The van der Waals surface area contributed by atoms with Crippen LogP contribution in [0.4, 0.5) is 0 Å². The Kier molecular flexibility index (Phi) is 4.34. The van der Waals surface area contributed by atoms with Crippen molar-refractivity contribution < 1.29 is 0 Å². The Morgan fingerprint density at radius 1 is 1.10 bits per heavy atom. The molecule has 2 aromatic carbocycles. The molecule has 1 aliphatic rings. The van der Waals surface area contributed by atoms with Crippen LogP contribution in [0.5, 0.6) is 0 Å². The summed E-state index contributed by atoms with van der Waals surface area (Å²) >= 11 is 0. The smallest absolute Gasteiger partial charge is 0.0237 e. The van der Waals surface area contributed by atoms with Crippen molar-refractivity contribution in [3.63, 3.8) is 0 Å². The third-order valence-electron chi connectivity index (χ3n) is 4.39. The molecule has 1 unspecified atom stereocenters. The van der Waals surface area contributed by atoms with Crippen molar-refractivity contribution >= 4 is 10.8 Å². The number of hydrogen-bond acceptors (Lipinski definition) is 2. The van der Waals surface area contributed by atoms with Gasteiger partial charge in [0.25, 0.3) is 0 Å². The first kappa shape index (κ1) is 13.6. The van der Waals surface area contributed by atoms with E-state index in [0.717, 1.165) is 13.1 Å². The molecule has 0 bridgehead atoms. The van der Waals surface area contributed by atoms with Gasteiger partial charge in [-0.3, -0.25) is 4.90 Å². The predicted molar refractivity (Wildman–Crippen MR) is 85.9 cm³/mol. The van der Waals surface area contributed by atoms with Crippen molar-refractivity contribution in [2.24, 2.45) is 0 Å². The van der Waals surface area contributed by atoms with E-state index in [1.54, 1.807) is 0 Å². The lowest BCUT2D eigenvalue weighted by Gasteiger charge is -2.35. The van der Waals surface area contributed by atoms with Crippen molar-refractivity contribution in [3.8, 4) is 0 Å². The Morgan fingerprint density at radius 2 is 1.95 bits per heavy atom. The minimum Gasteiger partial charge on any atom is -0.318 e. The SMILES string of the molecule is CNCC1CCCCN1Cc1ccc2ccccc2c1. The number of nitrogens with one attached hydrogen (secondary N) is 1. The molecule has 106 valence electrons. The second kappa shape index (κ2) is 6.38. The van der Waals surface area contributed by atoms with Crippen LogP contribution in [-0.2, 0) is 6.54 Å². The molecule has 0 radical (unpaired) electrons. The van der Waals surface area contributed by atoms with Crippen LogP contribution >= 0.6 is 0 Å². The van der Waals surface area contributed by atoms with Crippen molar-refractivity contribution in [2.75, 3.05) is 20.1 Å². The van der Waals surface area contributed by atoms with E-state index in [2.05, 4.69) is 59.7 Å². The van der Waals surface area contributed by atoms with Crippen LogP contribution in [0.1, 0.15) is 24.8 Å². The highest BCUT2D eigenvalue weighted by molar-refractivity contribution is 5.82. The van der Waals surface area contributed by atoms with Gasteiger partial charge >= 0.3 is 0 Å². The first-order chi connectivity index (χ1) is 9.86. The van der Waals surface area contributed by atoms with Crippen LogP contribution in [-0.4, -0.2) is 31.1 Å². The quantitative estimate of drug-likeness (QED) is 0.914. The molecule has 1 atom stereocenters. The highest BCUT2D eigenvalue weighted by Gasteiger charge is 2.21. The van der Waals surface area contributed by atoms with Gasteiger partial charge in [-0.25, -0.2) is 0 Å². The zero-order valence-corrected chi connectivity index (χ0v) is 12.3. The van der Waals surface area contributed by atoms with E-state index in [9.17, 15) is 0 Å². The molecule has 1 saturated heterocycles. The van der Waals surface area contributed by atoms with Gasteiger partial charge in [-0.2, -0.15) is 0 Å². The Morgan fingerprint density at radius 3 is 2.80 bits per heavy atom. The summed E-state index contributed by atoms with van der Waals surface area (Å²) in [4.78, 5) is 2.64. The lowest BCUT2D eigenvalue weighted by atomic mass is 10.00. The van der Waals surface area contributed by atoms with E-state index in [-0.39, 0.29) is 0 Å². The number of likely N-dealkylation sites (tertiary alicyclic amines) is 1. The van der Waals surface area contributed by atoms with Crippen molar-refractivity contribution in [2.45, 2.75) is 31.8 Å². The van der Waals surface area contributed by atoms with E-state index in [1.807, 2.05) is 0 Å². The van der Waals surface area contributed by atoms with Crippen LogP contribution < -0.4 is 5.32 Å². The zero-order chi connectivity index (χ0) is 13.8. The maximum Gasteiger partial charge on any atom is 0.0237 e. The predicted octanol–water partition coefficient (Wildman–Crippen LogP) is 3.41. The molecule has 1 N–H and O–H groups in total. The van der Waals surface area contributed by atoms with Crippen molar-refractivity contribution in [3.05, 3.63) is 48.0 Å². The van der Waals surface area contributed by atoms with E-state index in [0.29, 0.717) is 6.04 Å². The van der Waals surface area contributed by atoms with Gasteiger partial charge in [0, 0.05) is 19.1 Å². The molecule has 1 heterocycles. The lowest BCUT2D eigenvalue weighted by Crippen LogP contribution is -2.44. The molecule has 20 heavy (non-hydrogen) atoms. The summed E-state index contributed by atoms with van der Waals surface area (Å²) in [5, 5.41) is 6.03. The Hall–Kier alpha value is -1.38. The van der Waals surface area contributed by atoms with Gasteiger partial charge in [-0.1, -0.05) is 42.8 Å². The van der Waals surface area contributed by atoms with E-state index < -0.39 is 0 Å². The molecule has 0 aliphatic carbocycles. The number of nitrogens with zero attached hydrogens (tertiary/aromatic N) is 1. The monoisotopic (exact) mass is 268 g/mol. The molecule has 2 aromatic rings. The highest BCUT2D eigenvalue weighted by atomic mass is 15.2. The maximum atomic E-state index is 3.34. The largest absolute Gasteiger partial charge is 0.318 e. The average molecular weight is 268 g/mol. The summed E-state index contributed by atoms with van der Waals surface area (Å²) in [6.45, 7) is 3.42. The third kappa shape index (κ3) is 3.02. The first-order valence-electron chi connectivity index (χ1n) is 7.73. The minimum absolute atomic E-state index is 0.695. The molecule has 0 amide bonds. The number of rotatable bonds is 4. The molecule has 1 aliphatic heterocycles. The number of hydrogen-bond donors (Lipinski definition) is 1.